The van der Waals surface area contributed by atoms with E-state index in [0.29, 0.717) is 16.6 Å². The molecule has 1 unspecified atom stereocenters. The number of anilines is 1. The molecule has 1 aromatic carbocycles. The molecule has 1 atom stereocenters. The van der Waals surface area contributed by atoms with Gasteiger partial charge in [0, 0.05) is 17.6 Å². The fourth-order valence-electron chi connectivity index (χ4n) is 2.10. The molecule has 17 heavy (non-hydrogen) atoms. The van der Waals surface area contributed by atoms with Gasteiger partial charge >= 0.3 is 0 Å². The molecule has 0 amide bonds. The fraction of sp³-hybridized carbons (Fsp3) is 0.462. The fourth-order valence-corrected chi connectivity index (χ4v) is 2.27. The Hall–Kier alpha value is -1.24. The second-order valence-corrected chi connectivity index (χ2v) is 4.78. The number of halogens is 1. The first kappa shape index (κ1) is 12.2. The van der Waals surface area contributed by atoms with E-state index in [4.69, 9.17) is 16.9 Å². The molecule has 0 spiro atoms. The average Bonchev–Trinajstić information content (AvgIpc) is 2.58. The summed E-state index contributed by atoms with van der Waals surface area (Å²) in [5.41, 5.74) is 1.49. The van der Waals surface area contributed by atoms with Gasteiger partial charge in [-0.25, -0.2) is 0 Å². The summed E-state index contributed by atoms with van der Waals surface area (Å²) < 4.78 is 0. The Balaban J connectivity index is 2.11. The van der Waals surface area contributed by atoms with E-state index in [1.807, 2.05) is 6.07 Å². The van der Waals surface area contributed by atoms with Crippen LogP contribution in [0.4, 0.5) is 5.69 Å². The smallest absolute Gasteiger partial charge is 0.101 e. The third kappa shape index (κ3) is 3.36. The minimum Gasteiger partial charge on any atom is -0.380 e. The highest BCUT2D eigenvalue weighted by molar-refractivity contribution is 6.30. The van der Waals surface area contributed by atoms with Gasteiger partial charge in [-0.2, -0.15) is 5.26 Å². The van der Waals surface area contributed by atoms with Gasteiger partial charge < -0.3 is 10.6 Å². The molecule has 0 aromatic heterocycles. The summed E-state index contributed by atoms with van der Waals surface area (Å²) in [6, 6.07) is 7.89. The Kier molecular flexibility index (Phi) is 4.24. The monoisotopic (exact) mass is 249 g/mol. The van der Waals surface area contributed by atoms with Crippen LogP contribution >= 0.6 is 11.6 Å². The second kappa shape index (κ2) is 5.90. The minimum absolute atomic E-state index is 0.378. The molecule has 3 nitrogen and oxygen atoms in total. The first-order valence-corrected chi connectivity index (χ1v) is 6.34. The number of rotatable bonds is 2. The van der Waals surface area contributed by atoms with Crippen molar-refractivity contribution in [3.63, 3.8) is 0 Å². The van der Waals surface area contributed by atoms with Gasteiger partial charge in [0.25, 0.3) is 0 Å². The average molecular weight is 250 g/mol. The van der Waals surface area contributed by atoms with E-state index in [1.165, 1.54) is 12.8 Å². The Morgan fingerprint density at radius 1 is 1.41 bits per heavy atom. The van der Waals surface area contributed by atoms with E-state index >= 15 is 0 Å². The Bertz CT molecular complexity index is 417. The molecule has 1 heterocycles. The van der Waals surface area contributed by atoms with Crippen molar-refractivity contribution in [2.24, 2.45) is 0 Å². The van der Waals surface area contributed by atoms with Gasteiger partial charge in [-0.1, -0.05) is 18.0 Å². The standard InChI is InChI=1S/C13H16ClN3/c14-11-5-4-10(8-15)13(7-11)17-12-3-1-2-6-16-9-12/h4-5,7,12,16-17H,1-3,6,9H2. The van der Waals surface area contributed by atoms with Crippen LogP contribution in [0.5, 0.6) is 0 Å². The van der Waals surface area contributed by atoms with Gasteiger partial charge in [0.05, 0.1) is 11.3 Å². The van der Waals surface area contributed by atoms with Crippen LogP contribution in [0, 0.1) is 11.3 Å². The number of benzene rings is 1. The molecule has 0 radical (unpaired) electrons. The second-order valence-electron chi connectivity index (χ2n) is 4.34. The summed E-state index contributed by atoms with van der Waals surface area (Å²) in [7, 11) is 0. The minimum atomic E-state index is 0.378. The first-order chi connectivity index (χ1) is 8.29. The van der Waals surface area contributed by atoms with Crippen molar-refractivity contribution in [2.45, 2.75) is 25.3 Å². The van der Waals surface area contributed by atoms with E-state index in [-0.39, 0.29) is 0 Å². The highest BCUT2D eigenvalue weighted by atomic mass is 35.5. The first-order valence-electron chi connectivity index (χ1n) is 5.96. The van der Waals surface area contributed by atoms with Crippen molar-refractivity contribution in [3.8, 4) is 6.07 Å². The predicted octanol–water partition coefficient (Wildman–Crippen LogP) is 2.77. The number of nitrogens with zero attached hydrogens (tertiary/aromatic N) is 1. The van der Waals surface area contributed by atoms with Crippen molar-refractivity contribution in [3.05, 3.63) is 28.8 Å². The lowest BCUT2D eigenvalue weighted by molar-refractivity contribution is 0.636. The number of hydrogen-bond acceptors (Lipinski definition) is 3. The molecule has 1 aromatic rings. The quantitative estimate of drug-likeness (QED) is 0.847. The molecular formula is C13H16ClN3. The van der Waals surface area contributed by atoms with E-state index < -0.39 is 0 Å². The Labute approximate surface area is 107 Å². The van der Waals surface area contributed by atoms with Crippen molar-refractivity contribution in [2.75, 3.05) is 18.4 Å². The lowest BCUT2D eigenvalue weighted by atomic mass is 10.1. The van der Waals surface area contributed by atoms with Gasteiger partial charge in [0.15, 0.2) is 0 Å². The molecule has 0 aliphatic carbocycles. The zero-order chi connectivity index (χ0) is 12.1. The SMILES string of the molecule is N#Cc1ccc(Cl)cc1NC1CCCCNC1. The molecule has 1 aliphatic heterocycles. The Morgan fingerprint density at radius 2 is 2.29 bits per heavy atom. The van der Waals surface area contributed by atoms with Gasteiger partial charge in [-0.05, 0) is 37.6 Å². The number of hydrogen-bond donors (Lipinski definition) is 2. The van der Waals surface area contributed by atoms with Crippen LogP contribution < -0.4 is 10.6 Å². The lowest BCUT2D eigenvalue weighted by Gasteiger charge is -2.18. The highest BCUT2D eigenvalue weighted by Gasteiger charge is 2.13. The van der Waals surface area contributed by atoms with E-state index in [9.17, 15) is 0 Å². The van der Waals surface area contributed by atoms with E-state index in [0.717, 1.165) is 25.2 Å². The summed E-state index contributed by atoms with van der Waals surface area (Å²) in [5.74, 6) is 0. The molecule has 4 heteroatoms. The van der Waals surface area contributed by atoms with Crippen LogP contribution in [-0.2, 0) is 0 Å². The maximum absolute atomic E-state index is 9.05. The lowest BCUT2D eigenvalue weighted by Crippen LogP contribution is -2.31. The predicted molar refractivity (Wildman–Crippen MR) is 70.3 cm³/mol. The Morgan fingerprint density at radius 3 is 3.12 bits per heavy atom. The maximum Gasteiger partial charge on any atom is 0.101 e. The third-order valence-corrected chi connectivity index (χ3v) is 3.24. The maximum atomic E-state index is 9.05. The van der Waals surface area contributed by atoms with Crippen LogP contribution in [0.3, 0.4) is 0 Å². The summed E-state index contributed by atoms with van der Waals surface area (Å²) in [4.78, 5) is 0. The zero-order valence-electron chi connectivity index (χ0n) is 9.67. The molecule has 0 bridgehead atoms. The van der Waals surface area contributed by atoms with E-state index in [2.05, 4.69) is 16.7 Å². The van der Waals surface area contributed by atoms with Gasteiger partial charge in [0.1, 0.15) is 6.07 Å². The van der Waals surface area contributed by atoms with Crippen molar-refractivity contribution >= 4 is 17.3 Å². The molecule has 1 aliphatic rings. The summed E-state index contributed by atoms with van der Waals surface area (Å²) in [6.07, 6.45) is 3.57. The van der Waals surface area contributed by atoms with Crippen molar-refractivity contribution in [1.82, 2.24) is 5.32 Å². The highest BCUT2D eigenvalue weighted by Crippen LogP contribution is 2.22. The molecule has 90 valence electrons. The molecular weight excluding hydrogens is 234 g/mol. The molecule has 0 saturated carbocycles. The van der Waals surface area contributed by atoms with Crippen molar-refractivity contribution in [1.29, 1.82) is 5.26 Å². The zero-order valence-corrected chi connectivity index (χ0v) is 10.4. The summed E-state index contributed by atoms with van der Waals surface area (Å²) in [5, 5.41) is 16.5. The van der Waals surface area contributed by atoms with Crippen LogP contribution in [0.1, 0.15) is 24.8 Å². The van der Waals surface area contributed by atoms with Gasteiger partial charge in [-0.15, -0.1) is 0 Å². The molecule has 2 rings (SSSR count). The van der Waals surface area contributed by atoms with Gasteiger partial charge in [0.2, 0.25) is 0 Å². The van der Waals surface area contributed by atoms with Crippen LogP contribution in [0.2, 0.25) is 5.02 Å². The largest absolute Gasteiger partial charge is 0.380 e. The number of nitrogens with one attached hydrogen (secondary N) is 2. The molecule has 2 N–H and O–H groups in total. The van der Waals surface area contributed by atoms with Crippen LogP contribution in [0.25, 0.3) is 0 Å². The van der Waals surface area contributed by atoms with E-state index in [1.54, 1.807) is 12.1 Å². The molecule has 1 fully saturated rings. The molecule has 1 saturated heterocycles. The van der Waals surface area contributed by atoms with Crippen LogP contribution in [0.15, 0.2) is 18.2 Å². The third-order valence-electron chi connectivity index (χ3n) is 3.01. The van der Waals surface area contributed by atoms with Gasteiger partial charge in [-0.3, -0.25) is 0 Å². The topological polar surface area (TPSA) is 47.9 Å². The number of nitriles is 1. The normalized spacial score (nSPS) is 20.4. The summed E-state index contributed by atoms with van der Waals surface area (Å²) >= 11 is 5.96. The van der Waals surface area contributed by atoms with Crippen molar-refractivity contribution < 1.29 is 0 Å². The van der Waals surface area contributed by atoms with Crippen LogP contribution in [-0.4, -0.2) is 19.1 Å². The summed E-state index contributed by atoms with van der Waals surface area (Å²) in [6.45, 7) is 2.02.